The standard InChI is InChI=1S/C14H20ClN3/c1-10(8-9-16)18(3)14(11(2)17)12-6-4-5-7-13(12)15/h4-7,10-11,14H,8,17H2,1-3H3. The van der Waals surface area contributed by atoms with Crippen LogP contribution in [-0.4, -0.2) is 24.0 Å². The lowest BCUT2D eigenvalue weighted by molar-refractivity contribution is 0.167. The SMILES string of the molecule is CC(N)C(c1ccccc1Cl)N(C)C(C)CC#N. The van der Waals surface area contributed by atoms with Crippen LogP contribution >= 0.6 is 11.6 Å². The molecule has 3 unspecified atom stereocenters. The number of nitriles is 1. The van der Waals surface area contributed by atoms with Gasteiger partial charge in [-0.05, 0) is 32.5 Å². The third-order valence-electron chi connectivity index (χ3n) is 3.24. The maximum Gasteiger partial charge on any atom is 0.0638 e. The van der Waals surface area contributed by atoms with Crippen molar-refractivity contribution in [3.8, 4) is 6.07 Å². The molecule has 0 saturated carbocycles. The molecule has 0 aliphatic rings. The van der Waals surface area contributed by atoms with Gasteiger partial charge in [-0.3, -0.25) is 4.90 Å². The summed E-state index contributed by atoms with van der Waals surface area (Å²) in [5.41, 5.74) is 7.10. The molecule has 0 amide bonds. The van der Waals surface area contributed by atoms with Crippen molar-refractivity contribution >= 4 is 11.6 Å². The first-order valence-electron chi connectivity index (χ1n) is 6.08. The molecular formula is C14H20ClN3. The van der Waals surface area contributed by atoms with E-state index in [1.165, 1.54) is 0 Å². The first-order chi connectivity index (χ1) is 8.49. The van der Waals surface area contributed by atoms with Crippen molar-refractivity contribution in [1.29, 1.82) is 5.26 Å². The number of likely N-dealkylation sites (N-methyl/N-ethyl adjacent to an activating group) is 1. The Kier molecular flexibility index (Phi) is 5.61. The van der Waals surface area contributed by atoms with Gasteiger partial charge in [-0.1, -0.05) is 29.8 Å². The molecular weight excluding hydrogens is 246 g/mol. The van der Waals surface area contributed by atoms with E-state index in [1.54, 1.807) is 0 Å². The molecule has 0 aromatic heterocycles. The molecule has 0 aliphatic carbocycles. The highest BCUT2D eigenvalue weighted by atomic mass is 35.5. The molecule has 0 aliphatic heterocycles. The molecule has 18 heavy (non-hydrogen) atoms. The van der Waals surface area contributed by atoms with E-state index in [2.05, 4.69) is 11.0 Å². The highest BCUT2D eigenvalue weighted by Crippen LogP contribution is 2.30. The summed E-state index contributed by atoms with van der Waals surface area (Å²) in [7, 11) is 1.99. The van der Waals surface area contributed by atoms with Crippen molar-refractivity contribution in [2.75, 3.05) is 7.05 Å². The molecule has 1 aromatic rings. The maximum absolute atomic E-state index is 8.80. The van der Waals surface area contributed by atoms with Crippen molar-refractivity contribution in [2.45, 2.75) is 38.4 Å². The van der Waals surface area contributed by atoms with Gasteiger partial charge in [0, 0.05) is 17.1 Å². The lowest BCUT2D eigenvalue weighted by Gasteiger charge is -2.35. The van der Waals surface area contributed by atoms with E-state index in [0.717, 1.165) is 10.6 Å². The molecule has 1 rings (SSSR count). The predicted molar refractivity (Wildman–Crippen MR) is 75.3 cm³/mol. The van der Waals surface area contributed by atoms with Crippen LogP contribution in [0.1, 0.15) is 31.9 Å². The smallest absolute Gasteiger partial charge is 0.0638 e. The Bertz CT molecular complexity index is 425. The number of hydrogen-bond acceptors (Lipinski definition) is 3. The van der Waals surface area contributed by atoms with Gasteiger partial charge in [-0.25, -0.2) is 0 Å². The van der Waals surface area contributed by atoms with Crippen LogP contribution in [-0.2, 0) is 0 Å². The average Bonchev–Trinajstić information content (AvgIpc) is 2.31. The second-order valence-corrected chi connectivity index (χ2v) is 5.11. The quantitative estimate of drug-likeness (QED) is 0.891. The zero-order valence-electron chi connectivity index (χ0n) is 11.1. The lowest BCUT2D eigenvalue weighted by atomic mass is 9.97. The average molecular weight is 266 g/mol. The Morgan fingerprint density at radius 2 is 2.00 bits per heavy atom. The van der Waals surface area contributed by atoms with Gasteiger partial charge in [0.25, 0.3) is 0 Å². The molecule has 0 fully saturated rings. The predicted octanol–water partition coefficient (Wildman–Crippen LogP) is 2.96. The van der Waals surface area contributed by atoms with Crippen LogP contribution < -0.4 is 5.73 Å². The van der Waals surface area contributed by atoms with Crippen LogP contribution in [0.4, 0.5) is 0 Å². The number of rotatable bonds is 5. The summed E-state index contributed by atoms with van der Waals surface area (Å²) in [6.45, 7) is 3.99. The van der Waals surface area contributed by atoms with Crippen molar-refractivity contribution in [2.24, 2.45) is 5.73 Å². The topological polar surface area (TPSA) is 53.0 Å². The Balaban J connectivity index is 3.04. The van der Waals surface area contributed by atoms with Crippen molar-refractivity contribution in [1.82, 2.24) is 4.90 Å². The molecule has 0 heterocycles. The molecule has 0 spiro atoms. The van der Waals surface area contributed by atoms with Crippen LogP contribution in [0.25, 0.3) is 0 Å². The molecule has 2 N–H and O–H groups in total. The van der Waals surface area contributed by atoms with E-state index >= 15 is 0 Å². The zero-order valence-corrected chi connectivity index (χ0v) is 11.9. The molecule has 3 nitrogen and oxygen atoms in total. The van der Waals surface area contributed by atoms with E-state index in [1.807, 2.05) is 45.2 Å². The van der Waals surface area contributed by atoms with Gasteiger partial charge in [0.15, 0.2) is 0 Å². The van der Waals surface area contributed by atoms with E-state index in [0.29, 0.717) is 6.42 Å². The minimum Gasteiger partial charge on any atom is -0.326 e. The van der Waals surface area contributed by atoms with Gasteiger partial charge in [0.1, 0.15) is 0 Å². The van der Waals surface area contributed by atoms with Crippen LogP contribution in [0.3, 0.4) is 0 Å². The lowest BCUT2D eigenvalue weighted by Crippen LogP contribution is -2.41. The Morgan fingerprint density at radius 3 is 2.50 bits per heavy atom. The molecule has 0 bridgehead atoms. The van der Waals surface area contributed by atoms with Crippen LogP contribution in [0.5, 0.6) is 0 Å². The summed E-state index contributed by atoms with van der Waals surface area (Å²) in [4.78, 5) is 2.12. The third-order valence-corrected chi connectivity index (χ3v) is 3.59. The molecule has 98 valence electrons. The van der Waals surface area contributed by atoms with Gasteiger partial charge in [-0.15, -0.1) is 0 Å². The zero-order chi connectivity index (χ0) is 13.7. The largest absolute Gasteiger partial charge is 0.326 e. The van der Waals surface area contributed by atoms with Crippen LogP contribution in [0.15, 0.2) is 24.3 Å². The number of hydrogen-bond donors (Lipinski definition) is 1. The highest BCUT2D eigenvalue weighted by molar-refractivity contribution is 6.31. The van der Waals surface area contributed by atoms with Crippen molar-refractivity contribution < 1.29 is 0 Å². The summed E-state index contributed by atoms with van der Waals surface area (Å²) < 4.78 is 0. The van der Waals surface area contributed by atoms with E-state index in [-0.39, 0.29) is 18.1 Å². The van der Waals surface area contributed by atoms with Crippen LogP contribution in [0, 0.1) is 11.3 Å². The first-order valence-corrected chi connectivity index (χ1v) is 6.45. The normalized spacial score (nSPS) is 16.1. The van der Waals surface area contributed by atoms with Gasteiger partial charge in [0.05, 0.1) is 18.5 Å². The second-order valence-electron chi connectivity index (χ2n) is 4.70. The minimum absolute atomic E-state index is 0.0158. The Morgan fingerprint density at radius 1 is 1.39 bits per heavy atom. The van der Waals surface area contributed by atoms with Gasteiger partial charge >= 0.3 is 0 Å². The third kappa shape index (κ3) is 3.46. The molecule has 0 radical (unpaired) electrons. The monoisotopic (exact) mass is 265 g/mol. The van der Waals surface area contributed by atoms with Crippen molar-refractivity contribution in [3.63, 3.8) is 0 Å². The van der Waals surface area contributed by atoms with E-state index in [9.17, 15) is 0 Å². The molecule has 4 heteroatoms. The van der Waals surface area contributed by atoms with E-state index < -0.39 is 0 Å². The highest BCUT2D eigenvalue weighted by Gasteiger charge is 2.26. The molecule has 3 atom stereocenters. The molecule has 1 aromatic carbocycles. The van der Waals surface area contributed by atoms with Crippen molar-refractivity contribution in [3.05, 3.63) is 34.9 Å². The van der Waals surface area contributed by atoms with Gasteiger partial charge in [0.2, 0.25) is 0 Å². The fraction of sp³-hybridized carbons (Fsp3) is 0.500. The number of benzene rings is 1. The Labute approximate surface area is 114 Å². The molecule has 0 saturated heterocycles. The summed E-state index contributed by atoms with van der Waals surface area (Å²) >= 11 is 6.24. The Hall–Kier alpha value is -1.08. The summed E-state index contributed by atoms with van der Waals surface area (Å²) in [6, 6.07) is 10.0. The minimum atomic E-state index is -0.0592. The van der Waals surface area contributed by atoms with Gasteiger partial charge in [-0.2, -0.15) is 5.26 Å². The fourth-order valence-corrected chi connectivity index (χ4v) is 2.39. The number of nitrogens with two attached hydrogens (primary N) is 1. The number of nitrogens with zero attached hydrogens (tertiary/aromatic N) is 2. The van der Waals surface area contributed by atoms with Crippen LogP contribution in [0.2, 0.25) is 5.02 Å². The fourth-order valence-electron chi connectivity index (χ4n) is 2.14. The van der Waals surface area contributed by atoms with Gasteiger partial charge < -0.3 is 5.73 Å². The second kappa shape index (κ2) is 6.75. The number of halogens is 1. The first kappa shape index (κ1) is 15.0. The van der Waals surface area contributed by atoms with E-state index in [4.69, 9.17) is 22.6 Å². The summed E-state index contributed by atoms with van der Waals surface area (Å²) in [5.74, 6) is 0. The summed E-state index contributed by atoms with van der Waals surface area (Å²) in [6.07, 6.45) is 0.476. The summed E-state index contributed by atoms with van der Waals surface area (Å²) in [5, 5.41) is 9.52. The maximum atomic E-state index is 8.80.